The maximum absolute atomic E-state index is 12.1. The number of rotatable bonds is 4. The molecule has 2 unspecified atom stereocenters. The quantitative estimate of drug-likeness (QED) is 0.834. The van der Waals surface area contributed by atoms with Crippen molar-refractivity contribution in [3.05, 3.63) is 22.7 Å². The number of anilines is 1. The molecule has 0 heterocycles. The Morgan fingerprint density at radius 3 is 2.67 bits per heavy atom. The lowest BCUT2D eigenvalue weighted by molar-refractivity contribution is 0.574. The van der Waals surface area contributed by atoms with Crippen LogP contribution in [0.1, 0.15) is 18.9 Å². The Balaban J connectivity index is 2.23. The molecular weight excluding hydrogens is 272 g/mol. The monoisotopic (exact) mass is 288 g/mol. The predicted molar refractivity (Wildman–Crippen MR) is 73.1 cm³/mol. The van der Waals surface area contributed by atoms with Crippen molar-refractivity contribution in [1.29, 1.82) is 0 Å². The maximum Gasteiger partial charge on any atom is 0.242 e. The van der Waals surface area contributed by atoms with Gasteiger partial charge in [-0.15, -0.1) is 0 Å². The zero-order valence-electron chi connectivity index (χ0n) is 10.4. The van der Waals surface area contributed by atoms with Crippen LogP contribution in [0.5, 0.6) is 0 Å². The van der Waals surface area contributed by atoms with E-state index in [0.29, 0.717) is 29.6 Å². The Kier molecular flexibility index (Phi) is 3.58. The first-order valence-corrected chi connectivity index (χ1v) is 7.72. The summed E-state index contributed by atoms with van der Waals surface area (Å²) >= 11 is 6.03. The summed E-state index contributed by atoms with van der Waals surface area (Å²) in [6.45, 7) is 4.31. The SMILES string of the molecule is Cc1cc(N)cc(S(=O)(=O)NCC2CC2C)c1Cl. The molecule has 0 aliphatic heterocycles. The second-order valence-electron chi connectivity index (χ2n) is 4.97. The van der Waals surface area contributed by atoms with Gasteiger partial charge in [-0.25, -0.2) is 13.1 Å². The minimum Gasteiger partial charge on any atom is -0.399 e. The highest BCUT2D eigenvalue weighted by atomic mass is 35.5. The van der Waals surface area contributed by atoms with Crippen LogP contribution in [0, 0.1) is 18.8 Å². The summed E-state index contributed by atoms with van der Waals surface area (Å²) in [4.78, 5) is 0.0648. The van der Waals surface area contributed by atoms with Gasteiger partial charge in [0, 0.05) is 12.2 Å². The van der Waals surface area contributed by atoms with Crippen LogP contribution in [0.4, 0.5) is 5.69 Å². The predicted octanol–water partition coefficient (Wildman–Crippen LogP) is 2.16. The molecule has 1 aliphatic rings. The fourth-order valence-electron chi connectivity index (χ4n) is 1.94. The molecule has 0 spiro atoms. The number of nitrogen functional groups attached to an aromatic ring is 1. The largest absolute Gasteiger partial charge is 0.399 e. The average molecular weight is 289 g/mol. The van der Waals surface area contributed by atoms with Crippen molar-refractivity contribution in [1.82, 2.24) is 4.72 Å². The smallest absolute Gasteiger partial charge is 0.242 e. The molecule has 1 aromatic rings. The molecule has 0 radical (unpaired) electrons. The Morgan fingerprint density at radius 1 is 1.50 bits per heavy atom. The number of hydrogen-bond acceptors (Lipinski definition) is 3. The molecule has 6 heteroatoms. The number of benzene rings is 1. The van der Waals surface area contributed by atoms with Gasteiger partial charge < -0.3 is 5.73 Å². The number of hydrogen-bond donors (Lipinski definition) is 2. The summed E-state index contributed by atoms with van der Waals surface area (Å²) in [5.41, 5.74) is 6.73. The van der Waals surface area contributed by atoms with Gasteiger partial charge in [0.1, 0.15) is 4.90 Å². The Hall–Kier alpha value is -0.780. The van der Waals surface area contributed by atoms with Crippen LogP contribution in [-0.2, 0) is 10.0 Å². The van der Waals surface area contributed by atoms with E-state index >= 15 is 0 Å². The van der Waals surface area contributed by atoms with Crippen molar-refractivity contribution in [3.63, 3.8) is 0 Å². The van der Waals surface area contributed by atoms with Gasteiger partial charge in [-0.2, -0.15) is 0 Å². The lowest BCUT2D eigenvalue weighted by Gasteiger charge is -2.10. The van der Waals surface area contributed by atoms with Gasteiger partial charge in [-0.1, -0.05) is 18.5 Å². The van der Waals surface area contributed by atoms with Crippen LogP contribution in [0.2, 0.25) is 5.02 Å². The third-order valence-electron chi connectivity index (χ3n) is 3.34. The van der Waals surface area contributed by atoms with Crippen LogP contribution >= 0.6 is 11.6 Å². The third-order valence-corrected chi connectivity index (χ3v) is 5.41. The second-order valence-corrected chi connectivity index (χ2v) is 7.09. The van der Waals surface area contributed by atoms with E-state index in [1.165, 1.54) is 6.07 Å². The Bertz CT molecular complexity index is 572. The molecule has 1 aliphatic carbocycles. The van der Waals surface area contributed by atoms with Crippen molar-refractivity contribution in [2.45, 2.75) is 25.2 Å². The zero-order valence-corrected chi connectivity index (χ0v) is 12.0. The third kappa shape index (κ3) is 2.79. The highest BCUT2D eigenvalue weighted by molar-refractivity contribution is 7.89. The van der Waals surface area contributed by atoms with Gasteiger partial charge in [0.15, 0.2) is 0 Å². The summed E-state index contributed by atoms with van der Waals surface area (Å²) < 4.78 is 26.9. The molecule has 1 saturated carbocycles. The number of nitrogens with one attached hydrogen (secondary N) is 1. The summed E-state index contributed by atoms with van der Waals surface area (Å²) in [7, 11) is -3.58. The van der Waals surface area contributed by atoms with Crippen molar-refractivity contribution in [2.24, 2.45) is 11.8 Å². The van der Waals surface area contributed by atoms with E-state index in [1.54, 1.807) is 13.0 Å². The first kappa shape index (κ1) is 13.6. The highest BCUT2D eigenvalue weighted by Crippen LogP contribution is 2.37. The average Bonchev–Trinajstić information content (AvgIpc) is 2.97. The van der Waals surface area contributed by atoms with E-state index in [4.69, 9.17) is 17.3 Å². The standard InChI is InChI=1S/C12H17ClN2O2S/c1-7-3-9(7)6-15-18(16,17)11-5-10(14)4-8(2)12(11)13/h4-5,7,9,15H,3,6,14H2,1-2H3. The topological polar surface area (TPSA) is 72.2 Å². The van der Waals surface area contributed by atoms with Gasteiger partial charge in [0.25, 0.3) is 0 Å². The number of halogens is 1. The van der Waals surface area contributed by atoms with Gasteiger partial charge in [-0.05, 0) is 42.9 Å². The summed E-state index contributed by atoms with van der Waals surface area (Å²) in [6, 6.07) is 3.05. The minimum atomic E-state index is -3.58. The fourth-order valence-corrected chi connectivity index (χ4v) is 3.63. The van der Waals surface area contributed by atoms with Crippen LogP contribution in [0.25, 0.3) is 0 Å². The van der Waals surface area contributed by atoms with Crippen molar-refractivity contribution in [3.8, 4) is 0 Å². The van der Waals surface area contributed by atoms with Crippen LogP contribution in [0.3, 0.4) is 0 Å². The Labute approximate surface area is 113 Å². The summed E-state index contributed by atoms with van der Waals surface area (Å²) in [5, 5.41) is 0.237. The summed E-state index contributed by atoms with van der Waals surface area (Å²) in [6.07, 6.45) is 1.08. The molecule has 100 valence electrons. The summed E-state index contributed by atoms with van der Waals surface area (Å²) in [5.74, 6) is 1.05. The molecule has 0 saturated heterocycles. The number of nitrogens with two attached hydrogens (primary N) is 1. The highest BCUT2D eigenvalue weighted by Gasteiger charge is 2.33. The first-order valence-electron chi connectivity index (χ1n) is 5.86. The zero-order chi connectivity index (χ0) is 13.5. The molecule has 0 amide bonds. The van der Waals surface area contributed by atoms with Crippen molar-refractivity contribution in [2.75, 3.05) is 12.3 Å². The van der Waals surface area contributed by atoms with E-state index in [2.05, 4.69) is 11.6 Å². The number of sulfonamides is 1. The second kappa shape index (κ2) is 4.72. The Morgan fingerprint density at radius 2 is 2.11 bits per heavy atom. The van der Waals surface area contributed by atoms with Gasteiger partial charge in [0.05, 0.1) is 5.02 Å². The minimum absolute atomic E-state index is 0.0648. The van der Waals surface area contributed by atoms with Crippen LogP contribution in [0.15, 0.2) is 17.0 Å². The fraction of sp³-hybridized carbons (Fsp3) is 0.500. The molecule has 1 fully saturated rings. The van der Waals surface area contributed by atoms with Crippen LogP contribution < -0.4 is 10.5 Å². The molecule has 2 rings (SSSR count). The van der Waals surface area contributed by atoms with Crippen LogP contribution in [-0.4, -0.2) is 15.0 Å². The normalized spacial score (nSPS) is 23.1. The molecule has 4 nitrogen and oxygen atoms in total. The molecule has 18 heavy (non-hydrogen) atoms. The molecular formula is C12H17ClN2O2S. The van der Waals surface area contributed by atoms with Gasteiger partial charge in [0.2, 0.25) is 10.0 Å². The number of aryl methyl sites for hydroxylation is 1. The molecule has 0 aromatic heterocycles. The van der Waals surface area contributed by atoms with Gasteiger partial charge >= 0.3 is 0 Å². The molecule has 1 aromatic carbocycles. The van der Waals surface area contributed by atoms with Crippen molar-refractivity contribution >= 4 is 27.3 Å². The maximum atomic E-state index is 12.1. The lowest BCUT2D eigenvalue weighted by Crippen LogP contribution is -2.26. The van der Waals surface area contributed by atoms with E-state index in [0.717, 1.165) is 6.42 Å². The van der Waals surface area contributed by atoms with E-state index < -0.39 is 10.0 Å². The molecule has 3 N–H and O–H groups in total. The van der Waals surface area contributed by atoms with Crippen molar-refractivity contribution < 1.29 is 8.42 Å². The van der Waals surface area contributed by atoms with E-state index in [-0.39, 0.29) is 9.92 Å². The van der Waals surface area contributed by atoms with Gasteiger partial charge in [-0.3, -0.25) is 0 Å². The molecule has 2 atom stereocenters. The first-order chi connectivity index (χ1) is 8.31. The van der Waals surface area contributed by atoms with E-state index in [1.807, 2.05) is 0 Å². The lowest BCUT2D eigenvalue weighted by atomic mass is 10.2. The van der Waals surface area contributed by atoms with E-state index in [9.17, 15) is 8.42 Å². The molecule has 0 bridgehead atoms.